The lowest BCUT2D eigenvalue weighted by Gasteiger charge is -2.15. The second-order valence-corrected chi connectivity index (χ2v) is 12.5. The molecule has 0 unspecified atom stereocenters. The van der Waals surface area contributed by atoms with Crippen LogP contribution in [0, 0.1) is 5.82 Å². The maximum absolute atomic E-state index is 15.0. The molecule has 14 heteroatoms. The lowest BCUT2D eigenvalue weighted by atomic mass is 10.2. The van der Waals surface area contributed by atoms with Gasteiger partial charge in [0.05, 0.1) is 20.9 Å². The highest BCUT2D eigenvalue weighted by Crippen LogP contribution is 2.25. The van der Waals surface area contributed by atoms with Crippen molar-refractivity contribution in [3.63, 3.8) is 0 Å². The number of carbonyl (C=O) groups excluding carboxylic acids is 1. The van der Waals surface area contributed by atoms with E-state index in [0.717, 1.165) is 53.8 Å². The fourth-order valence-electron chi connectivity index (χ4n) is 4.32. The van der Waals surface area contributed by atoms with Gasteiger partial charge in [0.15, 0.2) is 0 Å². The topological polar surface area (TPSA) is 125 Å². The van der Waals surface area contributed by atoms with Gasteiger partial charge in [-0.25, -0.2) is 27.3 Å². The van der Waals surface area contributed by atoms with E-state index >= 15 is 0 Å². The number of fused-ring (bicyclic) bond motifs is 1. The van der Waals surface area contributed by atoms with Gasteiger partial charge in [0.2, 0.25) is 0 Å². The molecule has 1 fully saturated rings. The second kappa shape index (κ2) is 11.3. The molecule has 10 nitrogen and oxygen atoms in total. The molecule has 0 bridgehead atoms. The zero-order valence-electron chi connectivity index (χ0n) is 20.5. The second-order valence-electron chi connectivity index (χ2n) is 8.91. The van der Waals surface area contributed by atoms with Gasteiger partial charge in [0, 0.05) is 24.5 Å². The number of amides is 2. The molecule has 0 atom stereocenters. The Morgan fingerprint density at radius 1 is 1.08 bits per heavy atom. The number of sulfonamides is 1. The number of benzene rings is 2. The zero-order valence-corrected chi connectivity index (χ0v) is 22.9. The van der Waals surface area contributed by atoms with Crippen molar-refractivity contribution in [2.24, 2.45) is 0 Å². The molecule has 0 radical (unpaired) electrons. The summed E-state index contributed by atoms with van der Waals surface area (Å²) in [7, 11) is -4.14. The number of likely N-dealkylation sites (tertiary alicyclic amines) is 1. The van der Waals surface area contributed by atoms with E-state index in [4.69, 9.17) is 11.6 Å². The Bertz CT molecular complexity index is 1700. The van der Waals surface area contributed by atoms with Crippen LogP contribution in [0.4, 0.5) is 20.6 Å². The number of halogens is 2. The number of hydrogen-bond donors (Lipinski definition) is 3. The van der Waals surface area contributed by atoms with Crippen LogP contribution in [0.3, 0.4) is 0 Å². The van der Waals surface area contributed by atoms with Crippen molar-refractivity contribution >= 4 is 61.3 Å². The molecular weight excluding hydrogens is 567 g/mol. The summed E-state index contributed by atoms with van der Waals surface area (Å²) in [6.07, 6.45) is 3.71. The Labute approximate surface area is 232 Å². The maximum atomic E-state index is 15.0. The molecule has 2 amide bonds. The normalized spacial score (nSPS) is 14.0. The van der Waals surface area contributed by atoms with Gasteiger partial charge < -0.3 is 15.5 Å². The van der Waals surface area contributed by atoms with E-state index in [1.165, 1.54) is 43.4 Å². The molecule has 0 saturated carbocycles. The Morgan fingerprint density at radius 3 is 2.56 bits per heavy atom. The summed E-state index contributed by atoms with van der Waals surface area (Å²) in [5.41, 5.74) is 0.775. The summed E-state index contributed by atoms with van der Waals surface area (Å²) in [4.78, 5) is 32.1. The predicted octanol–water partition coefficient (Wildman–Crippen LogP) is 4.26. The Hall–Kier alpha value is -3.52. The number of carbonyl (C=O) groups is 1. The first-order chi connectivity index (χ1) is 18.7. The molecule has 1 aliphatic rings. The highest BCUT2D eigenvalue weighted by molar-refractivity contribution is 7.92. The van der Waals surface area contributed by atoms with E-state index in [2.05, 4.69) is 20.5 Å². The minimum Gasteiger partial charge on any atom is -0.384 e. The molecule has 4 aromatic rings. The molecule has 0 spiro atoms. The Kier molecular flexibility index (Phi) is 7.84. The third kappa shape index (κ3) is 6.22. The van der Waals surface area contributed by atoms with Gasteiger partial charge in [0.1, 0.15) is 16.4 Å². The third-order valence-corrected chi connectivity index (χ3v) is 9.27. The van der Waals surface area contributed by atoms with E-state index in [1.807, 2.05) is 4.72 Å². The maximum Gasteiger partial charge on any atom is 0.333 e. The van der Waals surface area contributed by atoms with Crippen molar-refractivity contribution in [1.82, 2.24) is 19.2 Å². The van der Waals surface area contributed by atoms with E-state index in [0.29, 0.717) is 10.9 Å². The molecule has 3 heterocycles. The van der Waals surface area contributed by atoms with Gasteiger partial charge in [-0.3, -0.25) is 9.36 Å². The molecule has 1 aliphatic heterocycles. The smallest absolute Gasteiger partial charge is 0.333 e. The van der Waals surface area contributed by atoms with Crippen molar-refractivity contribution in [3.8, 4) is 5.69 Å². The minimum absolute atomic E-state index is 0.0143. The fourth-order valence-corrected chi connectivity index (χ4v) is 6.71. The van der Waals surface area contributed by atoms with Crippen LogP contribution >= 0.6 is 22.9 Å². The average Bonchev–Trinajstić information content (AvgIpc) is 3.57. The number of aromatic nitrogens is 2. The first-order valence-electron chi connectivity index (χ1n) is 12.1. The molecule has 5 rings (SSSR count). The van der Waals surface area contributed by atoms with Crippen LogP contribution in [-0.4, -0.2) is 55.1 Å². The van der Waals surface area contributed by atoms with Crippen LogP contribution in [0.2, 0.25) is 4.34 Å². The van der Waals surface area contributed by atoms with Crippen LogP contribution in [0.1, 0.15) is 12.8 Å². The predicted molar refractivity (Wildman–Crippen MR) is 150 cm³/mol. The summed E-state index contributed by atoms with van der Waals surface area (Å²) in [6.45, 7) is 3.96. The zero-order chi connectivity index (χ0) is 27.6. The number of nitrogens with one attached hydrogen (secondary N) is 3. The summed E-state index contributed by atoms with van der Waals surface area (Å²) in [6, 6.07) is 10.4. The number of urea groups is 1. The molecule has 204 valence electrons. The number of nitrogens with zero attached hydrogens (tertiary/aromatic N) is 3. The molecule has 2 aromatic carbocycles. The molecule has 3 N–H and O–H groups in total. The first-order valence-corrected chi connectivity index (χ1v) is 14.7. The molecule has 0 aliphatic carbocycles. The molecule has 2 aromatic heterocycles. The largest absolute Gasteiger partial charge is 0.384 e. The fraction of sp³-hybridized carbons (Fsp3) is 0.240. The van der Waals surface area contributed by atoms with Crippen LogP contribution in [0.5, 0.6) is 0 Å². The van der Waals surface area contributed by atoms with E-state index in [-0.39, 0.29) is 19.9 Å². The van der Waals surface area contributed by atoms with Crippen LogP contribution in [-0.2, 0) is 10.0 Å². The summed E-state index contributed by atoms with van der Waals surface area (Å²) in [5, 5.41) is 5.94. The van der Waals surface area contributed by atoms with Gasteiger partial charge in [-0.15, -0.1) is 11.3 Å². The average molecular weight is 591 g/mol. The van der Waals surface area contributed by atoms with Crippen molar-refractivity contribution < 1.29 is 17.6 Å². The van der Waals surface area contributed by atoms with Gasteiger partial charge in [-0.1, -0.05) is 11.6 Å². The van der Waals surface area contributed by atoms with Crippen LogP contribution < -0.4 is 20.9 Å². The lowest BCUT2D eigenvalue weighted by Crippen LogP contribution is -2.34. The van der Waals surface area contributed by atoms with Crippen molar-refractivity contribution in [3.05, 3.63) is 75.4 Å². The van der Waals surface area contributed by atoms with Crippen LogP contribution in [0.25, 0.3) is 16.6 Å². The van der Waals surface area contributed by atoms with Crippen molar-refractivity contribution in [2.75, 3.05) is 36.8 Å². The monoisotopic (exact) mass is 590 g/mol. The number of hydrogen-bond acceptors (Lipinski definition) is 8. The third-order valence-electron chi connectivity index (χ3n) is 6.22. The highest BCUT2D eigenvalue weighted by atomic mass is 35.5. The lowest BCUT2D eigenvalue weighted by molar-refractivity contribution is 0.256. The van der Waals surface area contributed by atoms with Crippen molar-refractivity contribution in [2.45, 2.75) is 17.1 Å². The SMILES string of the molecule is O=C(Nc1ccc(-n2cnc3cc(NCCN4CCCC4)ccc3c2=O)c(F)c1)NS(=O)(=O)c1ccc(Cl)s1. The Balaban J connectivity index is 1.28. The van der Waals surface area contributed by atoms with Crippen molar-refractivity contribution in [1.29, 1.82) is 0 Å². The number of anilines is 2. The molecule has 1 saturated heterocycles. The molecule has 39 heavy (non-hydrogen) atoms. The molecular formula is C25H24ClFN6O4S2. The minimum atomic E-state index is -4.14. The quantitative estimate of drug-likeness (QED) is 0.280. The standard InChI is InChI=1S/C25H24ClFN6O4S2/c26-22-7-8-23(38-22)39(36,37)31-25(35)30-17-4-6-21(19(27)13-17)33-15-29-20-14-16(3-5-18(20)24(33)34)28-9-12-32-10-1-2-11-32/h3-8,13-15,28H,1-2,9-12H2,(H2,30,31,35). The van der Waals surface area contributed by atoms with E-state index < -0.39 is 27.4 Å². The first kappa shape index (κ1) is 27.1. The highest BCUT2D eigenvalue weighted by Gasteiger charge is 2.20. The Morgan fingerprint density at radius 2 is 1.85 bits per heavy atom. The van der Waals surface area contributed by atoms with E-state index in [1.54, 1.807) is 18.2 Å². The number of rotatable bonds is 8. The summed E-state index contributed by atoms with van der Waals surface area (Å²) >= 11 is 6.54. The van der Waals surface area contributed by atoms with Gasteiger partial charge in [0.25, 0.3) is 15.6 Å². The van der Waals surface area contributed by atoms with Gasteiger partial charge in [-0.05, 0) is 74.5 Å². The summed E-state index contributed by atoms with van der Waals surface area (Å²) < 4.78 is 42.6. The van der Waals surface area contributed by atoms with Crippen LogP contribution in [0.15, 0.2) is 63.9 Å². The van der Waals surface area contributed by atoms with Gasteiger partial charge >= 0.3 is 6.03 Å². The summed E-state index contributed by atoms with van der Waals surface area (Å²) in [5.74, 6) is -0.816. The van der Waals surface area contributed by atoms with E-state index in [9.17, 15) is 22.4 Å². The number of thiophene rings is 1. The van der Waals surface area contributed by atoms with Gasteiger partial charge in [-0.2, -0.15) is 0 Å².